The lowest BCUT2D eigenvalue weighted by Crippen LogP contribution is -2.36. The van der Waals surface area contributed by atoms with Crippen molar-refractivity contribution < 1.29 is 4.74 Å². The molecule has 4 heteroatoms. The van der Waals surface area contributed by atoms with Crippen molar-refractivity contribution in [2.45, 2.75) is 38.8 Å². The molecule has 1 N–H and O–H groups in total. The molecule has 0 spiro atoms. The van der Waals surface area contributed by atoms with Crippen molar-refractivity contribution in [3.05, 3.63) is 29.3 Å². The molecule has 1 fully saturated rings. The van der Waals surface area contributed by atoms with Gasteiger partial charge in [-0.25, -0.2) is 0 Å². The maximum atomic E-state index is 5.58. The summed E-state index contributed by atoms with van der Waals surface area (Å²) in [5.41, 5.74) is 2.82. The van der Waals surface area contributed by atoms with E-state index >= 15 is 0 Å². The van der Waals surface area contributed by atoms with Crippen LogP contribution in [0.1, 0.15) is 30.9 Å². The molecule has 0 saturated carbocycles. The van der Waals surface area contributed by atoms with E-state index in [1.807, 2.05) is 0 Å². The fourth-order valence-electron chi connectivity index (χ4n) is 3.20. The third-order valence-electron chi connectivity index (χ3n) is 4.20. The molecule has 1 aromatic rings. The minimum absolute atomic E-state index is 0. The molecule has 2 aliphatic heterocycles. The summed E-state index contributed by atoms with van der Waals surface area (Å²) in [5, 5.41) is 3.48. The van der Waals surface area contributed by atoms with Gasteiger partial charge in [-0.05, 0) is 43.1 Å². The molecule has 1 aromatic carbocycles. The fourth-order valence-corrected chi connectivity index (χ4v) is 3.20. The molecule has 0 bridgehead atoms. The van der Waals surface area contributed by atoms with Crippen LogP contribution < -0.4 is 10.1 Å². The van der Waals surface area contributed by atoms with Crippen LogP contribution in [0.4, 0.5) is 0 Å². The number of rotatable bonds is 5. The molecule has 112 valence electrons. The second kappa shape index (κ2) is 7.30. The number of ether oxygens (including phenoxy) is 1. The zero-order valence-electron chi connectivity index (χ0n) is 12.2. The van der Waals surface area contributed by atoms with Crippen LogP contribution in [0.25, 0.3) is 0 Å². The summed E-state index contributed by atoms with van der Waals surface area (Å²) in [6, 6.07) is 7.43. The standard InChI is InChI=1S/C16H24N2O.ClH/c1-2-8-18(15-5-7-17-11-15)12-13-3-4-16-14(10-13)6-9-19-16;/h3-4,10,15,17H,2,5-9,11-12H2,1H3;1H. The largest absolute Gasteiger partial charge is 0.493 e. The highest BCUT2D eigenvalue weighted by molar-refractivity contribution is 5.85. The van der Waals surface area contributed by atoms with Crippen LogP contribution in [0.5, 0.6) is 5.75 Å². The van der Waals surface area contributed by atoms with Gasteiger partial charge in [0.15, 0.2) is 0 Å². The van der Waals surface area contributed by atoms with Gasteiger partial charge in [0.1, 0.15) is 5.75 Å². The van der Waals surface area contributed by atoms with E-state index in [4.69, 9.17) is 4.74 Å². The Morgan fingerprint density at radius 1 is 1.40 bits per heavy atom. The SMILES string of the molecule is CCCN(Cc1ccc2c(c1)CCO2)C1CCNC1.Cl. The number of fused-ring (bicyclic) bond motifs is 1. The number of benzene rings is 1. The average Bonchev–Trinajstić information content (AvgIpc) is 3.09. The summed E-state index contributed by atoms with van der Waals surface area (Å²) in [4.78, 5) is 2.64. The number of hydrogen-bond donors (Lipinski definition) is 1. The quantitative estimate of drug-likeness (QED) is 0.904. The Labute approximate surface area is 128 Å². The predicted octanol–water partition coefficient (Wildman–Crippen LogP) is 2.62. The van der Waals surface area contributed by atoms with E-state index in [0.29, 0.717) is 6.04 Å². The van der Waals surface area contributed by atoms with Gasteiger partial charge in [-0.1, -0.05) is 19.1 Å². The highest BCUT2D eigenvalue weighted by Crippen LogP contribution is 2.26. The van der Waals surface area contributed by atoms with Crippen LogP contribution in [0.3, 0.4) is 0 Å². The fraction of sp³-hybridized carbons (Fsp3) is 0.625. The Kier molecular flexibility index (Phi) is 5.70. The number of nitrogens with zero attached hydrogens (tertiary/aromatic N) is 1. The van der Waals surface area contributed by atoms with Crippen LogP contribution in [0.2, 0.25) is 0 Å². The molecule has 1 unspecified atom stereocenters. The van der Waals surface area contributed by atoms with Crippen molar-refractivity contribution in [2.24, 2.45) is 0 Å². The van der Waals surface area contributed by atoms with Gasteiger partial charge in [-0.2, -0.15) is 0 Å². The maximum absolute atomic E-state index is 5.58. The molecule has 1 atom stereocenters. The third-order valence-corrected chi connectivity index (χ3v) is 4.20. The van der Waals surface area contributed by atoms with Gasteiger partial charge >= 0.3 is 0 Å². The maximum Gasteiger partial charge on any atom is 0.122 e. The summed E-state index contributed by atoms with van der Waals surface area (Å²) in [6.45, 7) is 7.71. The lowest BCUT2D eigenvalue weighted by atomic mass is 10.1. The second-order valence-electron chi connectivity index (χ2n) is 5.66. The lowest BCUT2D eigenvalue weighted by molar-refractivity contribution is 0.199. The van der Waals surface area contributed by atoms with E-state index in [1.54, 1.807) is 0 Å². The van der Waals surface area contributed by atoms with Crippen molar-refractivity contribution in [1.82, 2.24) is 10.2 Å². The van der Waals surface area contributed by atoms with Crippen LogP contribution in [-0.2, 0) is 13.0 Å². The summed E-state index contributed by atoms with van der Waals surface area (Å²) in [7, 11) is 0. The Hall–Kier alpha value is -0.770. The zero-order chi connectivity index (χ0) is 13.1. The van der Waals surface area contributed by atoms with Crippen LogP contribution in [-0.4, -0.2) is 37.2 Å². The van der Waals surface area contributed by atoms with Gasteiger partial charge in [-0.3, -0.25) is 4.90 Å². The Morgan fingerprint density at radius 2 is 2.30 bits per heavy atom. The minimum atomic E-state index is 0. The molecule has 0 amide bonds. The number of halogens is 1. The summed E-state index contributed by atoms with van der Waals surface area (Å²) >= 11 is 0. The highest BCUT2D eigenvalue weighted by atomic mass is 35.5. The first kappa shape index (κ1) is 15.6. The minimum Gasteiger partial charge on any atom is -0.493 e. The zero-order valence-corrected chi connectivity index (χ0v) is 13.0. The molecule has 3 rings (SSSR count). The predicted molar refractivity (Wildman–Crippen MR) is 84.9 cm³/mol. The first-order valence-electron chi connectivity index (χ1n) is 7.56. The molecule has 0 radical (unpaired) electrons. The third kappa shape index (κ3) is 3.46. The van der Waals surface area contributed by atoms with Crippen molar-refractivity contribution in [2.75, 3.05) is 26.2 Å². The molecular weight excluding hydrogens is 272 g/mol. The monoisotopic (exact) mass is 296 g/mol. The van der Waals surface area contributed by atoms with Gasteiger partial charge in [0.25, 0.3) is 0 Å². The smallest absolute Gasteiger partial charge is 0.122 e. The van der Waals surface area contributed by atoms with Gasteiger partial charge in [-0.15, -0.1) is 12.4 Å². The number of nitrogens with one attached hydrogen (secondary N) is 1. The molecule has 2 heterocycles. The summed E-state index contributed by atoms with van der Waals surface area (Å²) in [5.74, 6) is 1.09. The van der Waals surface area contributed by atoms with Crippen molar-refractivity contribution >= 4 is 12.4 Å². The van der Waals surface area contributed by atoms with E-state index in [1.165, 1.54) is 37.1 Å². The molecule has 3 nitrogen and oxygen atoms in total. The van der Waals surface area contributed by atoms with Gasteiger partial charge < -0.3 is 10.1 Å². The first-order valence-corrected chi connectivity index (χ1v) is 7.56. The van der Waals surface area contributed by atoms with E-state index in [-0.39, 0.29) is 12.4 Å². The molecule has 2 aliphatic rings. The van der Waals surface area contributed by atoms with Crippen molar-refractivity contribution in [3.63, 3.8) is 0 Å². The molecule has 0 aliphatic carbocycles. The topological polar surface area (TPSA) is 24.5 Å². The van der Waals surface area contributed by atoms with Crippen LogP contribution >= 0.6 is 12.4 Å². The molecule has 20 heavy (non-hydrogen) atoms. The van der Waals surface area contributed by atoms with Gasteiger partial charge in [0.05, 0.1) is 6.61 Å². The summed E-state index contributed by atoms with van der Waals surface area (Å²) in [6.07, 6.45) is 3.58. The second-order valence-corrected chi connectivity index (χ2v) is 5.66. The van der Waals surface area contributed by atoms with Crippen LogP contribution in [0, 0.1) is 0 Å². The van der Waals surface area contributed by atoms with Gasteiger partial charge in [0.2, 0.25) is 0 Å². The van der Waals surface area contributed by atoms with Crippen molar-refractivity contribution in [3.8, 4) is 5.75 Å². The normalized spacial score (nSPS) is 20.6. The van der Waals surface area contributed by atoms with E-state index in [2.05, 4.69) is 35.3 Å². The van der Waals surface area contributed by atoms with Crippen molar-refractivity contribution in [1.29, 1.82) is 0 Å². The van der Waals surface area contributed by atoms with E-state index in [9.17, 15) is 0 Å². The van der Waals surface area contributed by atoms with Crippen LogP contribution in [0.15, 0.2) is 18.2 Å². The van der Waals surface area contributed by atoms with E-state index in [0.717, 1.165) is 31.9 Å². The molecule has 0 aromatic heterocycles. The Balaban J connectivity index is 0.00000147. The molecule has 1 saturated heterocycles. The van der Waals surface area contributed by atoms with Gasteiger partial charge in [0, 0.05) is 25.6 Å². The highest BCUT2D eigenvalue weighted by Gasteiger charge is 2.22. The van der Waals surface area contributed by atoms with E-state index < -0.39 is 0 Å². The average molecular weight is 297 g/mol. The Morgan fingerprint density at radius 3 is 3.05 bits per heavy atom. The number of hydrogen-bond acceptors (Lipinski definition) is 3. The summed E-state index contributed by atoms with van der Waals surface area (Å²) < 4.78 is 5.58. The lowest BCUT2D eigenvalue weighted by Gasteiger charge is -2.28. The Bertz CT molecular complexity index is 432. The molecular formula is C16H25ClN2O. The first-order chi connectivity index (χ1) is 9.36.